The largest absolute Gasteiger partial charge is 0.491 e. The topological polar surface area (TPSA) is 130 Å². The van der Waals surface area contributed by atoms with Crippen LogP contribution in [0.1, 0.15) is 157 Å². The van der Waals surface area contributed by atoms with Crippen molar-refractivity contribution in [1.29, 1.82) is 0 Å². The second-order valence-electron chi connectivity index (χ2n) is 25.5. The van der Waals surface area contributed by atoms with E-state index in [1.165, 1.54) is 11.1 Å². The van der Waals surface area contributed by atoms with E-state index in [4.69, 9.17) is 28.4 Å². The highest BCUT2D eigenvalue weighted by Crippen LogP contribution is 2.64. The van der Waals surface area contributed by atoms with Gasteiger partial charge in [-0.15, -0.1) is 0 Å². The highest BCUT2D eigenvalue weighted by molar-refractivity contribution is 5.78. The van der Waals surface area contributed by atoms with Crippen LogP contribution < -0.4 is 9.47 Å². The van der Waals surface area contributed by atoms with E-state index in [1.54, 1.807) is 11.1 Å². The first kappa shape index (κ1) is 57.0. The lowest BCUT2D eigenvalue weighted by molar-refractivity contribution is -0.173. The van der Waals surface area contributed by atoms with Gasteiger partial charge in [0.1, 0.15) is 50.1 Å². The molecule has 10 unspecified atom stereocenters. The molecule has 6 aliphatic rings. The first-order valence-electron chi connectivity index (χ1n) is 28.8. The molecule has 2 saturated carbocycles. The Morgan fingerprint density at radius 2 is 0.960 bits per heavy atom. The van der Waals surface area contributed by atoms with Crippen LogP contribution in [0.15, 0.2) is 95.1 Å². The van der Waals surface area contributed by atoms with Gasteiger partial charge in [-0.25, -0.2) is 0 Å². The summed E-state index contributed by atoms with van der Waals surface area (Å²) in [5.74, 6) is 3.59. The van der Waals surface area contributed by atoms with E-state index < -0.39 is 23.0 Å². The van der Waals surface area contributed by atoms with Crippen LogP contribution in [-0.2, 0) is 34.0 Å². The van der Waals surface area contributed by atoms with Gasteiger partial charge >= 0.3 is 11.9 Å². The standard InChI is InChI=1S/C65H92O10/c1-43(2)45-13-25-55-47(37-45)15-27-57-62(55,7)29-11-31-64(57,9)59(68)74-41-51(66)39-70-33-35-72-53-21-17-49(18-22-53)61(5,6)50-19-23-54(24-20-50)73-36-34-71-40-52(67)42-75-60(69)65(10)32-12-30-63(8)56-26-14-46(44(3)4)38-48(56)16-28-58(63)65/h15-24,37-38,43-44,51-52,55-58,66-67H,11-14,25-36,39-42H2,1-10H3. The number of allylic oxidation sites excluding steroid dienone is 8. The molecule has 0 aromatic heterocycles. The third-order valence-corrected chi connectivity index (χ3v) is 19.7. The number of carbonyl (C=O) groups is 2. The number of rotatable bonds is 22. The van der Waals surface area contributed by atoms with Crippen molar-refractivity contribution in [2.75, 3.05) is 52.9 Å². The van der Waals surface area contributed by atoms with Crippen LogP contribution in [0.5, 0.6) is 11.5 Å². The molecule has 0 spiro atoms. The minimum atomic E-state index is -0.917. The van der Waals surface area contributed by atoms with Crippen molar-refractivity contribution < 1.29 is 48.2 Å². The van der Waals surface area contributed by atoms with Crippen molar-refractivity contribution in [3.8, 4) is 11.5 Å². The van der Waals surface area contributed by atoms with Gasteiger partial charge in [-0.3, -0.25) is 9.59 Å². The van der Waals surface area contributed by atoms with Crippen molar-refractivity contribution in [2.24, 2.45) is 57.2 Å². The van der Waals surface area contributed by atoms with Gasteiger partial charge in [0, 0.05) is 5.41 Å². The van der Waals surface area contributed by atoms with E-state index in [1.807, 2.05) is 24.3 Å². The van der Waals surface area contributed by atoms with Gasteiger partial charge in [0.25, 0.3) is 0 Å². The third-order valence-electron chi connectivity index (χ3n) is 19.7. The molecule has 2 N–H and O–H groups in total. The van der Waals surface area contributed by atoms with E-state index in [2.05, 4.69) is 118 Å². The predicted octanol–water partition coefficient (Wildman–Crippen LogP) is 12.9. The second kappa shape index (κ2) is 23.8. The van der Waals surface area contributed by atoms with E-state index in [0.717, 1.165) is 99.7 Å². The number of ether oxygens (including phenoxy) is 6. The Morgan fingerprint density at radius 3 is 1.33 bits per heavy atom. The molecule has 0 aliphatic heterocycles. The average Bonchev–Trinajstić information content (AvgIpc) is 3.39. The fourth-order valence-electron chi connectivity index (χ4n) is 14.9. The Morgan fingerprint density at radius 1 is 0.573 bits per heavy atom. The van der Waals surface area contributed by atoms with Crippen LogP contribution in [0.2, 0.25) is 0 Å². The summed E-state index contributed by atoms with van der Waals surface area (Å²) in [6.07, 6.45) is 20.1. The summed E-state index contributed by atoms with van der Waals surface area (Å²) in [6, 6.07) is 16.1. The number of hydrogen-bond acceptors (Lipinski definition) is 10. The van der Waals surface area contributed by atoms with Gasteiger partial charge in [-0.1, -0.05) is 128 Å². The summed E-state index contributed by atoms with van der Waals surface area (Å²) >= 11 is 0. The molecule has 10 atom stereocenters. The van der Waals surface area contributed by atoms with Gasteiger partial charge in [0.15, 0.2) is 0 Å². The van der Waals surface area contributed by atoms with Crippen LogP contribution in [0.25, 0.3) is 0 Å². The number of aliphatic hydroxyl groups excluding tert-OH is 2. The van der Waals surface area contributed by atoms with Crippen molar-refractivity contribution in [3.63, 3.8) is 0 Å². The van der Waals surface area contributed by atoms with Crippen LogP contribution in [-0.4, -0.2) is 87.2 Å². The van der Waals surface area contributed by atoms with Crippen LogP contribution in [0.3, 0.4) is 0 Å². The Bertz CT molecular complexity index is 2250. The molecule has 2 aromatic rings. The summed E-state index contributed by atoms with van der Waals surface area (Å²) < 4.78 is 35.1. The summed E-state index contributed by atoms with van der Waals surface area (Å²) in [5.41, 5.74) is 6.97. The lowest BCUT2D eigenvalue weighted by atomic mass is 9.47. The van der Waals surface area contributed by atoms with Gasteiger partial charge in [-0.05, 0) is 171 Å². The number of fused-ring (bicyclic) bond motifs is 6. The molecule has 0 saturated heterocycles. The summed E-state index contributed by atoms with van der Waals surface area (Å²) in [5, 5.41) is 21.4. The van der Waals surface area contributed by atoms with Crippen LogP contribution in [0, 0.1) is 57.2 Å². The maximum atomic E-state index is 13.8. The molecule has 2 fully saturated rings. The molecule has 0 bridgehead atoms. The maximum absolute atomic E-state index is 13.8. The minimum Gasteiger partial charge on any atom is -0.491 e. The quantitative estimate of drug-likeness (QED) is 0.0868. The predicted molar refractivity (Wildman–Crippen MR) is 295 cm³/mol. The normalized spacial score (nSPS) is 30.3. The Kier molecular flexibility index (Phi) is 18.1. The van der Waals surface area contributed by atoms with Crippen molar-refractivity contribution in [3.05, 3.63) is 106 Å². The number of aliphatic hydroxyl groups is 2. The Hall–Kier alpha value is -4.22. The first-order valence-corrected chi connectivity index (χ1v) is 28.8. The van der Waals surface area contributed by atoms with Crippen molar-refractivity contribution in [2.45, 2.75) is 164 Å². The highest BCUT2D eigenvalue weighted by atomic mass is 16.6. The average molecular weight is 1030 g/mol. The van der Waals surface area contributed by atoms with E-state index in [0.29, 0.717) is 36.9 Å². The molecule has 6 aliphatic carbocycles. The number of carbonyl (C=O) groups excluding carboxylic acids is 2. The zero-order valence-electron chi connectivity index (χ0n) is 47.3. The smallest absolute Gasteiger partial charge is 0.312 e. The first-order chi connectivity index (χ1) is 35.7. The van der Waals surface area contributed by atoms with Crippen LogP contribution in [0.4, 0.5) is 0 Å². The Labute approximate surface area is 450 Å². The second-order valence-corrected chi connectivity index (χ2v) is 25.5. The summed E-state index contributed by atoms with van der Waals surface area (Å²) in [7, 11) is 0. The SMILES string of the molecule is CC(C)C1=CC2=CCC3C(C)(C(=O)OCC(O)COCCOc4ccc(C(C)(C)c5ccc(OCCOCC(O)COC(=O)C6(C)CCCC7(C)C8CCC(C(C)C)=CC8=CCC67)cc5)cc4)CCCC3(C)C2CC1. The molecule has 412 valence electrons. The molecular formula is C65H92O10. The molecule has 0 amide bonds. The third kappa shape index (κ3) is 12.2. The molecule has 0 radical (unpaired) electrons. The summed E-state index contributed by atoms with van der Waals surface area (Å²) in [4.78, 5) is 27.5. The molecule has 0 heterocycles. The molecule has 2 aromatic carbocycles. The zero-order valence-corrected chi connectivity index (χ0v) is 47.3. The van der Waals surface area contributed by atoms with Gasteiger partial charge in [0.2, 0.25) is 0 Å². The van der Waals surface area contributed by atoms with E-state index in [-0.39, 0.29) is 79.7 Å². The minimum absolute atomic E-state index is 0.0548. The molecule has 75 heavy (non-hydrogen) atoms. The molecule has 10 nitrogen and oxygen atoms in total. The van der Waals surface area contributed by atoms with Gasteiger partial charge in [-0.2, -0.15) is 0 Å². The van der Waals surface area contributed by atoms with Crippen molar-refractivity contribution >= 4 is 11.9 Å². The lowest BCUT2D eigenvalue weighted by Crippen LogP contribution is -2.53. The van der Waals surface area contributed by atoms with Gasteiger partial charge in [0.05, 0.1) is 37.3 Å². The van der Waals surface area contributed by atoms with Gasteiger partial charge < -0.3 is 38.6 Å². The molecule has 8 rings (SSSR count). The highest BCUT2D eigenvalue weighted by Gasteiger charge is 2.59. The lowest BCUT2D eigenvalue weighted by Gasteiger charge is -2.57. The van der Waals surface area contributed by atoms with Crippen molar-refractivity contribution in [1.82, 2.24) is 0 Å². The summed E-state index contributed by atoms with van der Waals surface area (Å²) in [6.45, 7) is 23.7. The maximum Gasteiger partial charge on any atom is 0.312 e. The number of esters is 2. The monoisotopic (exact) mass is 1030 g/mol. The Balaban J connectivity index is 0.699. The number of benzene rings is 2. The van der Waals surface area contributed by atoms with E-state index >= 15 is 0 Å². The molecule has 10 heteroatoms. The molecular weight excluding hydrogens is 941 g/mol. The zero-order chi connectivity index (χ0) is 53.8. The number of hydrogen-bond donors (Lipinski definition) is 2. The fourth-order valence-corrected chi connectivity index (χ4v) is 14.9. The van der Waals surface area contributed by atoms with Crippen LogP contribution >= 0.6 is 0 Å². The van der Waals surface area contributed by atoms with E-state index in [9.17, 15) is 19.8 Å². The fraction of sp³-hybridized carbons (Fsp3) is 0.662.